The predicted octanol–water partition coefficient (Wildman–Crippen LogP) is 1.41. The molecule has 0 radical (unpaired) electrons. The van der Waals surface area contributed by atoms with Gasteiger partial charge in [-0.25, -0.2) is 9.78 Å². The minimum atomic E-state index is 0.547. The van der Waals surface area contributed by atoms with E-state index in [2.05, 4.69) is 9.97 Å². The number of hydrogen-bond acceptors (Lipinski definition) is 2. The van der Waals surface area contributed by atoms with Gasteiger partial charge in [0.1, 0.15) is 11.8 Å². The van der Waals surface area contributed by atoms with E-state index in [0.29, 0.717) is 5.82 Å². The Morgan fingerprint density at radius 2 is 2.25 bits per heavy atom. The number of para-hydroxylation sites is 2. The first kappa shape index (κ1) is 6.83. The number of hydrogen-bond donors (Lipinski definition) is 1. The standard InChI is InChI=1S/C9H6N2O/c12-6-5-9-10-7-3-1-2-4-8(7)11-9/h1-5H,(H,10,11). The molecule has 0 saturated heterocycles. The SMILES string of the molecule is O=C=Cc1nc2ccccc2[nH]1. The number of H-pyrrole nitrogens is 1. The van der Waals surface area contributed by atoms with Crippen molar-refractivity contribution in [1.82, 2.24) is 9.97 Å². The smallest absolute Gasteiger partial charge is 0.142 e. The number of aromatic nitrogens is 2. The number of nitrogens with one attached hydrogen (secondary N) is 1. The van der Waals surface area contributed by atoms with Crippen LogP contribution in [0.3, 0.4) is 0 Å². The maximum atomic E-state index is 10.0. The summed E-state index contributed by atoms with van der Waals surface area (Å²) in [5.74, 6) is 2.22. The lowest BCUT2D eigenvalue weighted by Crippen LogP contribution is -1.71. The normalized spacial score (nSPS) is 9.67. The highest BCUT2D eigenvalue weighted by Gasteiger charge is 1.96. The summed E-state index contributed by atoms with van der Waals surface area (Å²) in [6, 6.07) is 7.60. The highest BCUT2D eigenvalue weighted by molar-refractivity contribution is 5.80. The Morgan fingerprint density at radius 3 is 3.00 bits per heavy atom. The molecule has 0 saturated carbocycles. The summed E-state index contributed by atoms with van der Waals surface area (Å²) in [6.07, 6.45) is 1.28. The number of carbonyl (C=O) groups excluding carboxylic acids is 1. The van der Waals surface area contributed by atoms with E-state index in [1.54, 1.807) is 5.94 Å². The first-order valence-corrected chi connectivity index (χ1v) is 3.56. The molecule has 3 heteroatoms. The maximum absolute atomic E-state index is 10.0. The Bertz CT molecular complexity index is 419. The zero-order valence-corrected chi connectivity index (χ0v) is 6.24. The minimum Gasteiger partial charge on any atom is -0.338 e. The molecule has 0 bridgehead atoms. The van der Waals surface area contributed by atoms with Crippen LogP contribution in [-0.4, -0.2) is 15.9 Å². The molecule has 0 aliphatic rings. The fourth-order valence-corrected chi connectivity index (χ4v) is 1.10. The van der Waals surface area contributed by atoms with E-state index in [1.807, 2.05) is 24.3 Å². The summed E-state index contributed by atoms with van der Waals surface area (Å²) < 4.78 is 0. The second-order valence-electron chi connectivity index (χ2n) is 2.40. The van der Waals surface area contributed by atoms with Crippen LogP contribution in [-0.2, 0) is 4.79 Å². The monoisotopic (exact) mass is 158 g/mol. The average molecular weight is 158 g/mol. The maximum Gasteiger partial charge on any atom is 0.142 e. The zero-order chi connectivity index (χ0) is 8.39. The summed E-state index contributed by atoms with van der Waals surface area (Å²) in [5.41, 5.74) is 1.79. The van der Waals surface area contributed by atoms with Crippen molar-refractivity contribution in [3.63, 3.8) is 0 Å². The molecule has 0 aliphatic heterocycles. The molecule has 0 unspecified atom stereocenters. The topological polar surface area (TPSA) is 45.8 Å². The fraction of sp³-hybridized carbons (Fsp3) is 0. The largest absolute Gasteiger partial charge is 0.338 e. The van der Waals surface area contributed by atoms with Gasteiger partial charge in [0.15, 0.2) is 0 Å². The van der Waals surface area contributed by atoms with Gasteiger partial charge in [-0.05, 0) is 12.1 Å². The minimum absolute atomic E-state index is 0.547. The molecule has 0 aliphatic carbocycles. The van der Waals surface area contributed by atoms with Crippen LogP contribution in [0.15, 0.2) is 24.3 Å². The van der Waals surface area contributed by atoms with E-state index in [1.165, 1.54) is 6.08 Å². The molecule has 12 heavy (non-hydrogen) atoms. The van der Waals surface area contributed by atoms with Crippen LogP contribution in [0.25, 0.3) is 17.1 Å². The van der Waals surface area contributed by atoms with Crippen molar-refractivity contribution in [2.24, 2.45) is 0 Å². The Labute approximate surface area is 68.7 Å². The molecular formula is C9H6N2O. The van der Waals surface area contributed by atoms with Crippen LogP contribution in [0.2, 0.25) is 0 Å². The summed E-state index contributed by atoms with van der Waals surface area (Å²) in [7, 11) is 0. The van der Waals surface area contributed by atoms with Crippen molar-refractivity contribution in [2.45, 2.75) is 0 Å². The molecule has 0 amide bonds. The second kappa shape index (κ2) is 2.64. The number of nitrogens with zero attached hydrogens (tertiary/aromatic N) is 1. The molecular weight excluding hydrogens is 152 g/mol. The first-order valence-electron chi connectivity index (χ1n) is 3.56. The quantitative estimate of drug-likeness (QED) is 0.638. The van der Waals surface area contributed by atoms with Gasteiger partial charge in [0, 0.05) is 0 Å². The third-order valence-corrected chi connectivity index (χ3v) is 1.60. The second-order valence-corrected chi connectivity index (χ2v) is 2.40. The van der Waals surface area contributed by atoms with Gasteiger partial charge in [-0.2, -0.15) is 0 Å². The highest BCUT2D eigenvalue weighted by atomic mass is 16.1. The van der Waals surface area contributed by atoms with Gasteiger partial charge in [0.05, 0.1) is 17.1 Å². The van der Waals surface area contributed by atoms with E-state index in [-0.39, 0.29) is 0 Å². The predicted molar refractivity (Wildman–Crippen MR) is 46.3 cm³/mol. The molecule has 2 rings (SSSR count). The third kappa shape index (κ3) is 1.02. The van der Waals surface area contributed by atoms with Crippen LogP contribution < -0.4 is 0 Å². The summed E-state index contributed by atoms with van der Waals surface area (Å²) in [6.45, 7) is 0. The lowest BCUT2D eigenvalue weighted by molar-refractivity contribution is 0.570. The molecule has 3 nitrogen and oxygen atoms in total. The summed E-state index contributed by atoms with van der Waals surface area (Å²) in [4.78, 5) is 17.1. The van der Waals surface area contributed by atoms with Gasteiger partial charge in [0.2, 0.25) is 0 Å². The van der Waals surface area contributed by atoms with Crippen molar-refractivity contribution in [1.29, 1.82) is 0 Å². The zero-order valence-electron chi connectivity index (χ0n) is 6.24. The third-order valence-electron chi connectivity index (χ3n) is 1.60. The van der Waals surface area contributed by atoms with Crippen molar-refractivity contribution in [2.75, 3.05) is 0 Å². The molecule has 1 heterocycles. The molecule has 2 aromatic rings. The Morgan fingerprint density at radius 1 is 1.42 bits per heavy atom. The van der Waals surface area contributed by atoms with Crippen LogP contribution in [0, 0.1) is 0 Å². The van der Waals surface area contributed by atoms with E-state index in [4.69, 9.17) is 0 Å². The van der Waals surface area contributed by atoms with E-state index in [9.17, 15) is 4.79 Å². The van der Waals surface area contributed by atoms with Crippen molar-refractivity contribution >= 4 is 23.1 Å². The number of aromatic amines is 1. The Kier molecular flexibility index (Phi) is 1.50. The molecule has 1 aromatic heterocycles. The van der Waals surface area contributed by atoms with Crippen LogP contribution in [0.1, 0.15) is 5.82 Å². The lowest BCUT2D eigenvalue weighted by Gasteiger charge is -1.81. The van der Waals surface area contributed by atoms with Gasteiger partial charge >= 0.3 is 0 Å². The molecule has 0 atom stereocenters. The number of rotatable bonds is 1. The van der Waals surface area contributed by atoms with Crippen molar-refractivity contribution in [3.8, 4) is 0 Å². The van der Waals surface area contributed by atoms with Gasteiger partial charge in [-0.15, -0.1) is 0 Å². The Hall–Kier alpha value is -1.86. The van der Waals surface area contributed by atoms with E-state index < -0.39 is 0 Å². The van der Waals surface area contributed by atoms with E-state index >= 15 is 0 Å². The Balaban J connectivity index is 2.69. The summed E-state index contributed by atoms with van der Waals surface area (Å²) in [5, 5.41) is 0. The molecule has 1 aromatic carbocycles. The van der Waals surface area contributed by atoms with Gasteiger partial charge < -0.3 is 4.98 Å². The number of benzene rings is 1. The van der Waals surface area contributed by atoms with Gasteiger partial charge in [0.25, 0.3) is 0 Å². The highest BCUT2D eigenvalue weighted by Crippen LogP contribution is 2.09. The van der Waals surface area contributed by atoms with Crippen LogP contribution in [0.5, 0.6) is 0 Å². The lowest BCUT2D eigenvalue weighted by atomic mass is 10.3. The molecule has 1 N–H and O–H groups in total. The number of fused-ring (bicyclic) bond motifs is 1. The summed E-state index contributed by atoms with van der Waals surface area (Å²) >= 11 is 0. The average Bonchev–Trinajstić information content (AvgIpc) is 2.47. The van der Waals surface area contributed by atoms with Crippen molar-refractivity contribution < 1.29 is 4.79 Å². The molecule has 0 fully saturated rings. The fourth-order valence-electron chi connectivity index (χ4n) is 1.10. The number of imidazole rings is 1. The molecule has 58 valence electrons. The van der Waals surface area contributed by atoms with Gasteiger partial charge in [-0.1, -0.05) is 12.1 Å². The molecule has 0 spiro atoms. The first-order chi connectivity index (χ1) is 5.90. The van der Waals surface area contributed by atoms with Crippen molar-refractivity contribution in [3.05, 3.63) is 30.1 Å². The van der Waals surface area contributed by atoms with Gasteiger partial charge in [-0.3, -0.25) is 0 Å². The van der Waals surface area contributed by atoms with Crippen LogP contribution >= 0.6 is 0 Å². The van der Waals surface area contributed by atoms with E-state index in [0.717, 1.165) is 11.0 Å². The van der Waals surface area contributed by atoms with Crippen LogP contribution in [0.4, 0.5) is 0 Å².